The molecule has 1 aliphatic carbocycles. The van der Waals surface area contributed by atoms with Gasteiger partial charge in [0.25, 0.3) is 5.91 Å². The molecule has 3 rings (SSSR count). The van der Waals surface area contributed by atoms with Crippen LogP contribution in [-0.2, 0) is 0 Å². The standard InChI is InChI=1S/C13H20N4O/c1-9-7-12(16-15-9)13(18)17(11-4-5-11)8-10-3-2-6-14-10/h7,10-11,14H,2-6,8H2,1H3,(H,15,16). The Bertz CT molecular complexity index is 432. The number of hydrogen-bond donors (Lipinski definition) is 2. The Balaban J connectivity index is 1.70. The SMILES string of the molecule is Cc1cc(C(=O)N(CC2CCCN2)C2CC2)n[nH]1. The quantitative estimate of drug-likeness (QED) is 0.838. The lowest BCUT2D eigenvalue weighted by Gasteiger charge is -2.25. The van der Waals surface area contributed by atoms with Gasteiger partial charge < -0.3 is 10.2 Å². The molecular weight excluding hydrogens is 228 g/mol. The smallest absolute Gasteiger partial charge is 0.274 e. The predicted octanol–water partition coefficient (Wildman–Crippen LogP) is 1.07. The summed E-state index contributed by atoms with van der Waals surface area (Å²) in [5.74, 6) is 0.0792. The van der Waals surface area contributed by atoms with E-state index in [1.165, 1.54) is 12.8 Å². The zero-order valence-corrected chi connectivity index (χ0v) is 10.8. The van der Waals surface area contributed by atoms with Gasteiger partial charge >= 0.3 is 0 Å². The van der Waals surface area contributed by atoms with Gasteiger partial charge in [-0.05, 0) is 45.2 Å². The Morgan fingerprint density at radius 1 is 1.50 bits per heavy atom. The third-order valence-corrected chi connectivity index (χ3v) is 3.75. The van der Waals surface area contributed by atoms with Gasteiger partial charge in [0.05, 0.1) is 0 Å². The van der Waals surface area contributed by atoms with Gasteiger partial charge in [-0.3, -0.25) is 9.89 Å². The number of hydrogen-bond acceptors (Lipinski definition) is 3. The minimum atomic E-state index is 0.0792. The van der Waals surface area contributed by atoms with E-state index in [0.29, 0.717) is 17.8 Å². The number of nitrogens with zero attached hydrogens (tertiary/aromatic N) is 2. The molecule has 1 aromatic heterocycles. The first-order chi connectivity index (χ1) is 8.74. The molecule has 0 aromatic carbocycles. The monoisotopic (exact) mass is 248 g/mol. The Labute approximate surface area is 107 Å². The summed E-state index contributed by atoms with van der Waals surface area (Å²) in [6, 6.07) is 2.74. The van der Waals surface area contributed by atoms with E-state index in [0.717, 1.165) is 31.6 Å². The fourth-order valence-corrected chi connectivity index (χ4v) is 2.61. The number of nitrogens with one attached hydrogen (secondary N) is 2. The van der Waals surface area contributed by atoms with Crippen LogP contribution in [0.5, 0.6) is 0 Å². The van der Waals surface area contributed by atoms with Crippen molar-refractivity contribution < 1.29 is 4.79 Å². The molecule has 0 bridgehead atoms. The molecular formula is C13H20N4O. The minimum Gasteiger partial charge on any atom is -0.333 e. The van der Waals surface area contributed by atoms with Crippen molar-refractivity contribution in [1.82, 2.24) is 20.4 Å². The summed E-state index contributed by atoms with van der Waals surface area (Å²) in [6.07, 6.45) is 4.68. The van der Waals surface area contributed by atoms with Crippen molar-refractivity contribution in [2.75, 3.05) is 13.1 Å². The molecule has 1 saturated carbocycles. The lowest BCUT2D eigenvalue weighted by atomic mass is 10.2. The highest BCUT2D eigenvalue weighted by Crippen LogP contribution is 2.29. The van der Waals surface area contributed by atoms with Crippen LogP contribution in [0.4, 0.5) is 0 Å². The Kier molecular flexibility index (Phi) is 3.07. The van der Waals surface area contributed by atoms with Gasteiger partial charge in [-0.1, -0.05) is 0 Å². The van der Waals surface area contributed by atoms with Crippen LogP contribution in [-0.4, -0.2) is 46.2 Å². The average Bonchev–Trinajstić information content (AvgIpc) is 2.88. The highest BCUT2D eigenvalue weighted by atomic mass is 16.2. The van der Waals surface area contributed by atoms with Crippen molar-refractivity contribution in [2.45, 2.75) is 44.7 Å². The zero-order valence-electron chi connectivity index (χ0n) is 10.8. The molecule has 1 saturated heterocycles. The van der Waals surface area contributed by atoms with Crippen LogP contribution in [0, 0.1) is 6.92 Å². The van der Waals surface area contributed by atoms with Crippen LogP contribution in [0.1, 0.15) is 41.9 Å². The maximum atomic E-state index is 12.4. The molecule has 1 aliphatic heterocycles. The fraction of sp³-hybridized carbons (Fsp3) is 0.692. The number of carbonyl (C=O) groups is 1. The van der Waals surface area contributed by atoms with E-state index >= 15 is 0 Å². The molecule has 18 heavy (non-hydrogen) atoms. The molecule has 5 heteroatoms. The number of aromatic amines is 1. The van der Waals surface area contributed by atoms with Crippen LogP contribution in [0.25, 0.3) is 0 Å². The molecule has 0 spiro atoms. The summed E-state index contributed by atoms with van der Waals surface area (Å²) in [4.78, 5) is 14.5. The molecule has 2 heterocycles. The number of carbonyl (C=O) groups excluding carboxylic acids is 1. The third-order valence-electron chi connectivity index (χ3n) is 3.75. The second-order valence-corrected chi connectivity index (χ2v) is 5.42. The zero-order chi connectivity index (χ0) is 12.5. The summed E-state index contributed by atoms with van der Waals surface area (Å²) >= 11 is 0. The molecule has 1 atom stereocenters. The summed E-state index contributed by atoms with van der Waals surface area (Å²) < 4.78 is 0. The van der Waals surface area contributed by atoms with Crippen molar-refractivity contribution in [1.29, 1.82) is 0 Å². The lowest BCUT2D eigenvalue weighted by Crippen LogP contribution is -2.42. The number of aryl methyl sites for hydroxylation is 1. The van der Waals surface area contributed by atoms with E-state index in [1.807, 2.05) is 17.9 Å². The largest absolute Gasteiger partial charge is 0.333 e. The highest BCUT2D eigenvalue weighted by molar-refractivity contribution is 5.92. The van der Waals surface area contributed by atoms with Gasteiger partial charge in [0.2, 0.25) is 0 Å². The predicted molar refractivity (Wildman–Crippen MR) is 68.4 cm³/mol. The van der Waals surface area contributed by atoms with Crippen LogP contribution in [0.3, 0.4) is 0 Å². The lowest BCUT2D eigenvalue weighted by molar-refractivity contribution is 0.0722. The average molecular weight is 248 g/mol. The van der Waals surface area contributed by atoms with Crippen molar-refractivity contribution >= 4 is 5.91 Å². The molecule has 2 aliphatic rings. The van der Waals surface area contributed by atoms with Crippen molar-refractivity contribution in [3.63, 3.8) is 0 Å². The van der Waals surface area contributed by atoms with E-state index in [-0.39, 0.29) is 5.91 Å². The molecule has 1 amide bonds. The molecule has 0 radical (unpaired) electrons. The van der Waals surface area contributed by atoms with Crippen LogP contribution < -0.4 is 5.32 Å². The first-order valence-electron chi connectivity index (χ1n) is 6.80. The summed E-state index contributed by atoms with van der Waals surface area (Å²) in [7, 11) is 0. The Hall–Kier alpha value is -1.36. The second kappa shape index (κ2) is 4.72. The maximum Gasteiger partial charge on any atom is 0.274 e. The van der Waals surface area contributed by atoms with Crippen LogP contribution in [0.2, 0.25) is 0 Å². The van der Waals surface area contributed by atoms with E-state index in [4.69, 9.17) is 0 Å². The van der Waals surface area contributed by atoms with E-state index in [1.54, 1.807) is 0 Å². The topological polar surface area (TPSA) is 61.0 Å². The van der Waals surface area contributed by atoms with Gasteiger partial charge in [0.1, 0.15) is 5.69 Å². The van der Waals surface area contributed by atoms with Crippen molar-refractivity contribution in [3.05, 3.63) is 17.5 Å². The molecule has 2 N–H and O–H groups in total. The Morgan fingerprint density at radius 2 is 2.33 bits per heavy atom. The van der Waals surface area contributed by atoms with Crippen LogP contribution in [0.15, 0.2) is 6.07 Å². The van der Waals surface area contributed by atoms with E-state index in [9.17, 15) is 4.79 Å². The fourth-order valence-electron chi connectivity index (χ4n) is 2.61. The van der Waals surface area contributed by atoms with Crippen molar-refractivity contribution in [2.24, 2.45) is 0 Å². The van der Waals surface area contributed by atoms with E-state index in [2.05, 4.69) is 15.5 Å². The second-order valence-electron chi connectivity index (χ2n) is 5.42. The maximum absolute atomic E-state index is 12.4. The Morgan fingerprint density at radius 3 is 2.89 bits per heavy atom. The first kappa shape index (κ1) is 11.7. The van der Waals surface area contributed by atoms with E-state index < -0.39 is 0 Å². The van der Waals surface area contributed by atoms with Crippen LogP contribution >= 0.6 is 0 Å². The van der Waals surface area contributed by atoms with Crippen molar-refractivity contribution in [3.8, 4) is 0 Å². The molecule has 1 aromatic rings. The highest BCUT2D eigenvalue weighted by Gasteiger charge is 2.35. The van der Waals surface area contributed by atoms with Gasteiger partial charge in [-0.15, -0.1) is 0 Å². The van der Waals surface area contributed by atoms with Gasteiger partial charge in [0.15, 0.2) is 0 Å². The minimum absolute atomic E-state index is 0.0792. The molecule has 2 fully saturated rings. The molecule has 5 nitrogen and oxygen atoms in total. The molecule has 98 valence electrons. The number of H-pyrrole nitrogens is 1. The summed E-state index contributed by atoms with van der Waals surface area (Å²) in [6.45, 7) is 3.83. The number of amides is 1. The summed E-state index contributed by atoms with van der Waals surface area (Å²) in [5.41, 5.74) is 1.49. The van der Waals surface area contributed by atoms with Gasteiger partial charge in [0, 0.05) is 24.3 Å². The first-order valence-corrected chi connectivity index (χ1v) is 6.80. The van der Waals surface area contributed by atoms with Gasteiger partial charge in [-0.2, -0.15) is 5.10 Å². The molecule has 1 unspecified atom stereocenters. The third kappa shape index (κ3) is 2.41. The number of rotatable bonds is 4. The normalized spacial score (nSPS) is 23.3. The van der Waals surface area contributed by atoms with Gasteiger partial charge in [-0.25, -0.2) is 0 Å². The summed E-state index contributed by atoms with van der Waals surface area (Å²) in [5, 5.41) is 10.4. The number of aromatic nitrogens is 2.